The summed E-state index contributed by atoms with van der Waals surface area (Å²) in [4.78, 5) is 51.6. The van der Waals surface area contributed by atoms with Crippen molar-refractivity contribution < 1.29 is 14.3 Å². The molecule has 0 amide bonds. The van der Waals surface area contributed by atoms with Gasteiger partial charge >= 0.3 is 5.69 Å². The monoisotopic (exact) mass is 314 g/mol. The number of fused-ring (bicyclic) bond motifs is 2. The van der Waals surface area contributed by atoms with Crippen molar-refractivity contribution in [2.75, 3.05) is 0 Å². The van der Waals surface area contributed by atoms with Gasteiger partial charge in [-0.25, -0.2) is 4.79 Å². The van der Waals surface area contributed by atoms with Gasteiger partial charge in [-0.05, 0) is 18.2 Å². The molecule has 0 aliphatic carbocycles. The van der Waals surface area contributed by atoms with Gasteiger partial charge in [0, 0.05) is 23.5 Å². The van der Waals surface area contributed by atoms with Crippen molar-refractivity contribution in [3.8, 4) is 11.6 Å². The molecule has 1 aliphatic heterocycles. The molecule has 0 spiro atoms. The number of carbonyl (C=O) groups excluding carboxylic acids is 2. The molecule has 118 valence electrons. The van der Waals surface area contributed by atoms with Gasteiger partial charge in [-0.3, -0.25) is 24.4 Å². The van der Waals surface area contributed by atoms with Crippen LogP contribution in [0.2, 0.25) is 0 Å². The average molecular weight is 314 g/mol. The number of H-pyrrole nitrogens is 2. The van der Waals surface area contributed by atoms with E-state index in [0.29, 0.717) is 11.3 Å². The van der Waals surface area contributed by atoms with Crippen LogP contribution >= 0.6 is 0 Å². The lowest BCUT2D eigenvalue weighted by Gasteiger charge is -2.19. The molecule has 0 radical (unpaired) electrons. The van der Waals surface area contributed by atoms with Crippen LogP contribution in [0.15, 0.2) is 27.8 Å². The highest BCUT2D eigenvalue weighted by atomic mass is 16.5. The largest absolute Gasteiger partial charge is 0.440 e. The summed E-state index contributed by atoms with van der Waals surface area (Å²) in [5.74, 6) is -0.882. The van der Waals surface area contributed by atoms with E-state index in [4.69, 9.17) is 4.74 Å². The fourth-order valence-electron chi connectivity index (χ4n) is 2.40. The zero-order valence-corrected chi connectivity index (χ0v) is 12.6. The summed E-state index contributed by atoms with van der Waals surface area (Å²) in [6.07, 6.45) is 0.202. The van der Waals surface area contributed by atoms with Gasteiger partial charge in [0.05, 0.1) is 5.56 Å². The van der Waals surface area contributed by atoms with Gasteiger partial charge in [-0.1, -0.05) is 13.8 Å². The lowest BCUT2D eigenvalue weighted by molar-refractivity contribution is -0.117. The Labute approximate surface area is 130 Å². The number of rotatable bonds is 3. The van der Waals surface area contributed by atoms with Crippen LogP contribution in [0.1, 0.15) is 35.3 Å². The smallest absolute Gasteiger partial charge is 0.328 e. The Kier molecular flexibility index (Phi) is 3.48. The number of aromatic nitrogens is 2. The fraction of sp³-hybridized carbons (Fsp3) is 0.250. The lowest BCUT2D eigenvalue weighted by Crippen LogP contribution is -2.28. The molecule has 2 N–H and O–H groups in total. The second-order valence-electron chi connectivity index (χ2n) is 5.67. The predicted molar refractivity (Wildman–Crippen MR) is 81.2 cm³/mol. The fourth-order valence-corrected chi connectivity index (χ4v) is 2.40. The summed E-state index contributed by atoms with van der Waals surface area (Å²) >= 11 is 0. The number of Topliss-reactive ketones (excluding diaryl/α,β-unsaturated/α-hetero) is 2. The highest BCUT2D eigenvalue weighted by Gasteiger charge is 2.24. The Hall–Kier alpha value is -2.96. The van der Waals surface area contributed by atoms with Crippen LogP contribution in [0, 0.1) is 5.92 Å². The van der Waals surface area contributed by atoms with Crippen LogP contribution < -0.4 is 16.0 Å². The molecule has 0 bridgehead atoms. The molecule has 1 aromatic carbocycles. The summed E-state index contributed by atoms with van der Waals surface area (Å²) in [7, 11) is 0. The average Bonchev–Trinajstić information content (AvgIpc) is 2.51. The van der Waals surface area contributed by atoms with Crippen LogP contribution in [-0.2, 0) is 11.2 Å². The number of hydrogen-bond donors (Lipinski definition) is 2. The summed E-state index contributed by atoms with van der Waals surface area (Å²) in [5.41, 5.74) is -0.0411. The molecule has 1 aromatic heterocycles. The molecular formula is C16H14N2O5. The number of carbonyl (C=O) groups is 2. The van der Waals surface area contributed by atoms with Crippen molar-refractivity contribution in [2.45, 2.75) is 20.3 Å². The Morgan fingerprint density at radius 2 is 1.91 bits per heavy atom. The molecule has 1 aliphatic rings. The van der Waals surface area contributed by atoms with Gasteiger partial charge in [0.2, 0.25) is 17.4 Å². The third kappa shape index (κ3) is 2.61. The van der Waals surface area contributed by atoms with Crippen LogP contribution in [-0.4, -0.2) is 21.5 Å². The van der Waals surface area contributed by atoms with Gasteiger partial charge in [0.15, 0.2) is 0 Å². The van der Waals surface area contributed by atoms with Gasteiger partial charge in [-0.2, -0.15) is 0 Å². The number of ether oxygens (including phenoxy) is 1. The highest BCUT2D eigenvalue weighted by molar-refractivity contribution is 6.44. The second-order valence-corrected chi connectivity index (χ2v) is 5.67. The first-order valence-corrected chi connectivity index (χ1v) is 7.11. The topological polar surface area (TPSA) is 109 Å². The van der Waals surface area contributed by atoms with Gasteiger partial charge in [0.1, 0.15) is 5.75 Å². The zero-order valence-electron chi connectivity index (χ0n) is 12.6. The van der Waals surface area contributed by atoms with Crippen LogP contribution in [0.5, 0.6) is 11.6 Å². The molecule has 2 heterocycles. The normalized spacial score (nSPS) is 12.3. The highest BCUT2D eigenvalue weighted by Crippen LogP contribution is 2.33. The first kappa shape index (κ1) is 15.0. The Morgan fingerprint density at radius 3 is 2.61 bits per heavy atom. The van der Waals surface area contributed by atoms with E-state index in [9.17, 15) is 19.2 Å². The van der Waals surface area contributed by atoms with Crippen molar-refractivity contribution in [1.82, 2.24) is 9.97 Å². The molecule has 0 fully saturated rings. The number of ketones is 2. The predicted octanol–water partition coefficient (Wildman–Crippen LogP) is 1.17. The van der Waals surface area contributed by atoms with E-state index in [0.717, 1.165) is 0 Å². The van der Waals surface area contributed by atoms with E-state index < -0.39 is 22.8 Å². The Bertz CT molecular complexity index is 936. The van der Waals surface area contributed by atoms with Crippen molar-refractivity contribution in [3.63, 3.8) is 0 Å². The minimum Gasteiger partial charge on any atom is -0.440 e. The maximum absolute atomic E-state index is 12.1. The summed E-state index contributed by atoms with van der Waals surface area (Å²) in [6, 6.07) is 4.60. The molecule has 0 atom stereocenters. The molecule has 0 unspecified atom stereocenters. The van der Waals surface area contributed by atoms with Gasteiger partial charge in [-0.15, -0.1) is 0 Å². The van der Waals surface area contributed by atoms with E-state index in [1.165, 1.54) is 6.07 Å². The molecule has 23 heavy (non-hydrogen) atoms. The van der Waals surface area contributed by atoms with Crippen LogP contribution in [0.4, 0.5) is 0 Å². The number of benzene rings is 1. The van der Waals surface area contributed by atoms with E-state index in [1.54, 1.807) is 26.0 Å². The van der Waals surface area contributed by atoms with Crippen LogP contribution in [0.3, 0.4) is 0 Å². The first-order chi connectivity index (χ1) is 10.9. The van der Waals surface area contributed by atoms with Crippen molar-refractivity contribution in [1.29, 1.82) is 0 Å². The maximum Gasteiger partial charge on any atom is 0.328 e. The second kappa shape index (κ2) is 5.35. The maximum atomic E-state index is 12.1. The molecule has 0 saturated heterocycles. The molecule has 7 nitrogen and oxygen atoms in total. The molecule has 2 aromatic rings. The first-order valence-electron chi connectivity index (χ1n) is 7.11. The van der Waals surface area contributed by atoms with E-state index in [2.05, 4.69) is 9.97 Å². The molecular weight excluding hydrogens is 300 g/mol. The Morgan fingerprint density at radius 1 is 1.17 bits per heavy atom. The molecule has 7 heteroatoms. The Balaban J connectivity index is 2.01. The summed E-state index contributed by atoms with van der Waals surface area (Å²) in [5, 5.41) is 0. The van der Waals surface area contributed by atoms with E-state index in [1.807, 2.05) is 0 Å². The third-order valence-corrected chi connectivity index (χ3v) is 3.65. The van der Waals surface area contributed by atoms with Gasteiger partial charge in [0.25, 0.3) is 5.56 Å². The standard InChI is InChI=1S/C16H14N2O5/c1-7(2)12(19)13(20)8-3-4-11-9(5-8)6-10-14(21)17-16(22)18-15(10)23-11/h3-5,7H,6H2,1-2H3,(H2,17,18,21,22). The van der Waals surface area contributed by atoms with E-state index in [-0.39, 0.29) is 29.3 Å². The van der Waals surface area contributed by atoms with Crippen LogP contribution in [0.25, 0.3) is 0 Å². The van der Waals surface area contributed by atoms with E-state index >= 15 is 0 Å². The summed E-state index contributed by atoms with van der Waals surface area (Å²) in [6.45, 7) is 3.32. The number of hydrogen-bond acceptors (Lipinski definition) is 5. The number of aromatic amines is 2. The molecule has 3 rings (SSSR count). The minimum absolute atomic E-state index is 0.101. The summed E-state index contributed by atoms with van der Waals surface area (Å²) < 4.78 is 5.51. The van der Waals surface area contributed by atoms with Crippen molar-refractivity contribution in [2.24, 2.45) is 5.92 Å². The third-order valence-electron chi connectivity index (χ3n) is 3.65. The number of nitrogens with one attached hydrogen (secondary N) is 2. The minimum atomic E-state index is -0.647. The SMILES string of the molecule is CC(C)C(=O)C(=O)c1ccc2c(c1)Cc1c([nH]c(=O)[nH]c1=O)O2. The zero-order chi connectivity index (χ0) is 16.7. The quantitative estimate of drug-likeness (QED) is 0.557. The lowest BCUT2D eigenvalue weighted by atomic mass is 9.95. The molecule has 0 saturated carbocycles. The van der Waals surface area contributed by atoms with Gasteiger partial charge < -0.3 is 4.74 Å². The van der Waals surface area contributed by atoms with Crippen molar-refractivity contribution >= 4 is 11.6 Å². The van der Waals surface area contributed by atoms with Crippen molar-refractivity contribution in [3.05, 3.63) is 55.7 Å².